The monoisotopic (exact) mass is 1100 g/mol. The molecule has 2 rings (SSSR count). The molecule has 6 amide bonds. The van der Waals surface area contributed by atoms with Crippen LogP contribution >= 0.6 is 0 Å². The van der Waals surface area contributed by atoms with Crippen LogP contribution in [0.3, 0.4) is 0 Å². The summed E-state index contributed by atoms with van der Waals surface area (Å²) in [5, 5.41) is 102. The third-order valence-electron chi connectivity index (χ3n) is 11.7. The third-order valence-corrected chi connectivity index (χ3v) is 11.7. The SMILES string of the molecule is CC.CC.CC.CC.CC.CCc1c(C(=O)N(C)CC(O)CO)c(C)c(C(=O)N(C)CC(O)CO)c(C)c1N(C=O)CC(O)C(O)CN(C=O)c1c(C)c(C(=O)N(C)CC(O)CO)c(C)c(C(=O)N(C)CC(O)CO)c1C. The van der Waals surface area contributed by atoms with Crippen LogP contribution in [0.4, 0.5) is 11.4 Å². The fraction of sp³-hybridized carbons (Fsp3) is 0.673. The Morgan fingerprint density at radius 2 is 0.610 bits per heavy atom. The van der Waals surface area contributed by atoms with Gasteiger partial charge in [0.05, 0.1) is 87.5 Å². The number of hydrogen-bond donors (Lipinski definition) is 10. The van der Waals surface area contributed by atoms with Crippen molar-refractivity contribution < 1.29 is 79.8 Å². The molecule has 22 heteroatoms. The molecule has 0 aromatic heterocycles. The van der Waals surface area contributed by atoms with E-state index in [1.54, 1.807) is 6.92 Å². The molecule has 0 fully saturated rings. The average molecular weight is 1100 g/mol. The van der Waals surface area contributed by atoms with Crippen LogP contribution < -0.4 is 9.80 Å². The van der Waals surface area contributed by atoms with Crippen molar-refractivity contribution in [3.8, 4) is 0 Å². The highest BCUT2D eigenvalue weighted by molar-refractivity contribution is 6.08. The van der Waals surface area contributed by atoms with Crippen LogP contribution in [-0.4, -0.2) is 238 Å². The molecule has 0 aliphatic carbocycles. The van der Waals surface area contributed by atoms with Crippen molar-refractivity contribution in [3.63, 3.8) is 0 Å². The quantitative estimate of drug-likeness (QED) is 0.0602. The van der Waals surface area contributed by atoms with E-state index in [4.69, 9.17) is 0 Å². The molecule has 2 aromatic carbocycles. The second kappa shape index (κ2) is 41.0. The van der Waals surface area contributed by atoms with Crippen LogP contribution in [0.5, 0.6) is 0 Å². The number of anilines is 2. The highest BCUT2D eigenvalue weighted by atomic mass is 16.3. The first kappa shape index (κ1) is 78.4. The smallest absolute Gasteiger partial charge is 0.254 e. The molecule has 6 unspecified atom stereocenters. The van der Waals surface area contributed by atoms with Crippen molar-refractivity contribution in [1.82, 2.24) is 19.6 Å². The number of hydrogen-bond acceptors (Lipinski definition) is 16. The van der Waals surface area contributed by atoms with E-state index in [0.717, 1.165) is 29.4 Å². The number of nitrogens with zero attached hydrogens (tertiary/aromatic N) is 6. The van der Waals surface area contributed by atoms with E-state index in [9.17, 15) is 79.8 Å². The molecule has 0 radical (unpaired) electrons. The van der Waals surface area contributed by atoms with E-state index in [-0.39, 0.29) is 99.6 Å². The van der Waals surface area contributed by atoms with Gasteiger partial charge in [0, 0.05) is 76.6 Å². The van der Waals surface area contributed by atoms with E-state index >= 15 is 0 Å². The summed E-state index contributed by atoms with van der Waals surface area (Å²) in [5.41, 5.74) is 0.721. The minimum absolute atomic E-state index is 0.00270. The Labute approximate surface area is 459 Å². The van der Waals surface area contributed by atoms with Gasteiger partial charge in [0.15, 0.2) is 0 Å². The van der Waals surface area contributed by atoms with E-state index in [0.29, 0.717) is 12.8 Å². The zero-order valence-corrected chi connectivity index (χ0v) is 50.0. The lowest BCUT2D eigenvalue weighted by molar-refractivity contribution is -0.109. The highest BCUT2D eigenvalue weighted by Crippen LogP contribution is 2.38. The Morgan fingerprint density at radius 1 is 0.390 bits per heavy atom. The standard InChI is InChI=1S/C45H70N6O16.5C2H6/c1-11-33-39(45(67)49(10)15-32(61)21-55)25(3)38(44(66)48(9)14-31(60)20-54)28(6)41(33)51(23-57)17-35(63)34(62)16-50(22-56)40-26(4)36(42(64)46(7)12-29(58)18-52)24(2)37(27(40)5)43(65)47(8)13-30(59)19-53;5*1-2/h22-23,29-32,34-35,52-55,58-63H,11-21H2,1-10H3;5*1-2H3. The van der Waals surface area contributed by atoms with Gasteiger partial charge in [-0.05, 0) is 74.4 Å². The highest BCUT2D eigenvalue weighted by Gasteiger charge is 2.35. The number of amides is 6. The molecule has 77 heavy (non-hydrogen) atoms. The number of benzene rings is 2. The van der Waals surface area contributed by atoms with Crippen molar-refractivity contribution in [2.45, 2.75) is 154 Å². The van der Waals surface area contributed by atoms with Crippen LogP contribution in [0, 0.1) is 34.6 Å². The van der Waals surface area contributed by atoms with Gasteiger partial charge in [-0.25, -0.2) is 0 Å². The maximum atomic E-state index is 14.2. The summed E-state index contributed by atoms with van der Waals surface area (Å²) >= 11 is 0. The maximum Gasteiger partial charge on any atom is 0.254 e. The first-order chi connectivity index (χ1) is 36.3. The van der Waals surface area contributed by atoms with Crippen LogP contribution in [0.2, 0.25) is 0 Å². The van der Waals surface area contributed by atoms with Gasteiger partial charge in [0.2, 0.25) is 12.8 Å². The van der Waals surface area contributed by atoms with Crippen molar-refractivity contribution in [3.05, 3.63) is 55.6 Å². The zero-order chi connectivity index (χ0) is 61.4. The van der Waals surface area contributed by atoms with Gasteiger partial charge in [-0.3, -0.25) is 28.8 Å². The van der Waals surface area contributed by atoms with Crippen LogP contribution in [0.15, 0.2) is 0 Å². The van der Waals surface area contributed by atoms with Gasteiger partial charge >= 0.3 is 0 Å². The van der Waals surface area contributed by atoms with E-state index < -0.39 is 99.8 Å². The predicted molar refractivity (Wildman–Crippen MR) is 302 cm³/mol. The molecule has 0 bridgehead atoms. The number of rotatable bonds is 26. The van der Waals surface area contributed by atoms with Gasteiger partial charge in [-0.1, -0.05) is 76.2 Å². The normalized spacial score (nSPS) is 12.6. The van der Waals surface area contributed by atoms with E-state index in [1.165, 1.54) is 62.8 Å². The molecule has 0 saturated carbocycles. The van der Waals surface area contributed by atoms with Crippen molar-refractivity contribution in [2.75, 3.05) is 104 Å². The minimum Gasteiger partial charge on any atom is -0.394 e. The predicted octanol–water partition coefficient (Wildman–Crippen LogP) is 1.97. The fourth-order valence-corrected chi connectivity index (χ4v) is 8.33. The van der Waals surface area contributed by atoms with Crippen molar-refractivity contribution in [1.29, 1.82) is 0 Å². The largest absolute Gasteiger partial charge is 0.394 e. The Hall–Kier alpha value is -5.14. The summed E-state index contributed by atoms with van der Waals surface area (Å²) in [6.45, 7) is 23.8. The summed E-state index contributed by atoms with van der Waals surface area (Å²) in [7, 11) is 5.40. The second-order valence-corrected chi connectivity index (χ2v) is 16.9. The lowest BCUT2D eigenvalue weighted by Gasteiger charge is -2.34. The molecule has 446 valence electrons. The third kappa shape index (κ3) is 21.6. The minimum atomic E-state index is -1.87. The molecule has 0 aliphatic rings. The molecular formula is C55H100N6O16. The molecule has 0 spiro atoms. The number of carbonyl (C=O) groups excluding carboxylic acids is 6. The average Bonchev–Trinajstić information content (AvgIpc) is 3.43. The number of aliphatic hydroxyl groups excluding tert-OH is 10. The van der Waals surface area contributed by atoms with Gasteiger partial charge in [0.25, 0.3) is 23.6 Å². The maximum absolute atomic E-state index is 14.2. The molecule has 6 atom stereocenters. The Morgan fingerprint density at radius 3 is 0.844 bits per heavy atom. The Balaban J connectivity index is -0.00000251. The van der Waals surface area contributed by atoms with Crippen LogP contribution in [0.25, 0.3) is 0 Å². The summed E-state index contributed by atoms with van der Waals surface area (Å²) in [6, 6.07) is 0. The van der Waals surface area contributed by atoms with E-state index in [1.807, 2.05) is 69.2 Å². The molecule has 22 nitrogen and oxygen atoms in total. The zero-order valence-electron chi connectivity index (χ0n) is 50.0. The lowest BCUT2D eigenvalue weighted by Crippen LogP contribution is -2.46. The summed E-state index contributed by atoms with van der Waals surface area (Å²) < 4.78 is 0. The topological polar surface area (TPSA) is 324 Å². The number of carbonyl (C=O) groups is 6. The second-order valence-electron chi connectivity index (χ2n) is 16.9. The summed E-state index contributed by atoms with van der Waals surface area (Å²) in [6.07, 6.45) is -8.36. The first-order valence-corrected chi connectivity index (χ1v) is 26.6. The van der Waals surface area contributed by atoms with Gasteiger partial charge in [0.1, 0.15) is 0 Å². The van der Waals surface area contributed by atoms with Crippen LogP contribution in [0.1, 0.15) is 151 Å². The van der Waals surface area contributed by atoms with Crippen molar-refractivity contribution in [2.24, 2.45) is 0 Å². The molecule has 0 saturated heterocycles. The fourth-order valence-electron chi connectivity index (χ4n) is 8.33. The molecule has 2 aromatic rings. The summed E-state index contributed by atoms with van der Waals surface area (Å²) in [5.74, 6) is -2.84. The van der Waals surface area contributed by atoms with Crippen molar-refractivity contribution >= 4 is 47.8 Å². The first-order valence-electron chi connectivity index (χ1n) is 26.6. The number of aliphatic hydroxyl groups is 10. The number of likely N-dealkylation sites (N-methyl/N-ethyl adjacent to an activating group) is 4. The van der Waals surface area contributed by atoms with E-state index in [2.05, 4.69) is 0 Å². The van der Waals surface area contributed by atoms with Gasteiger partial charge < -0.3 is 80.5 Å². The van der Waals surface area contributed by atoms with Gasteiger partial charge in [-0.2, -0.15) is 0 Å². The summed E-state index contributed by atoms with van der Waals surface area (Å²) in [4.78, 5) is 88.8. The van der Waals surface area contributed by atoms with Gasteiger partial charge in [-0.15, -0.1) is 0 Å². The Bertz CT molecular complexity index is 2040. The molecular weight excluding hydrogens is 1000 g/mol. The molecule has 0 heterocycles. The molecule has 0 aliphatic heterocycles. The Kier molecular flexibility index (Phi) is 41.7. The molecule has 10 N–H and O–H groups in total. The lowest BCUT2D eigenvalue weighted by atomic mass is 9.87. The van der Waals surface area contributed by atoms with Crippen LogP contribution in [-0.2, 0) is 16.0 Å².